The van der Waals surface area contributed by atoms with Crippen LogP contribution in [0.25, 0.3) is 0 Å². The van der Waals surface area contributed by atoms with Crippen molar-refractivity contribution < 1.29 is 0 Å². The van der Waals surface area contributed by atoms with Crippen molar-refractivity contribution in [2.24, 2.45) is 5.41 Å². The summed E-state index contributed by atoms with van der Waals surface area (Å²) in [7, 11) is 0. The molecule has 4 nitrogen and oxygen atoms in total. The van der Waals surface area contributed by atoms with E-state index in [1.807, 2.05) is 19.2 Å². The van der Waals surface area contributed by atoms with Gasteiger partial charge in [-0.3, -0.25) is 0 Å². The molecule has 5 heteroatoms. The molecule has 1 N–H and O–H groups in total. The second kappa shape index (κ2) is 4.30. The van der Waals surface area contributed by atoms with Crippen LogP contribution in [0.4, 0.5) is 0 Å². The monoisotopic (exact) mass is 196 g/mol. The molecule has 0 spiro atoms. The van der Waals surface area contributed by atoms with Crippen LogP contribution >= 0.6 is 11.5 Å². The minimum absolute atomic E-state index is 0.316. The highest BCUT2D eigenvalue weighted by Crippen LogP contribution is 2.10. The maximum absolute atomic E-state index is 8.74. The number of nitriles is 1. The molecular weight excluding hydrogens is 184 g/mol. The topological polar surface area (TPSA) is 61.6 Å². The van der Waals surface area contributed by atoms with E-state index >= 15 is 0 Å². The molecule has 0 saturated heterocycles. The van der Waals surface area contributed by atoms with E-state index < -0.39 is 0 Å². The Balaban J connectivity index is 2.26. The molecule has 0 fully saturated rings. The summed E-state index contributed by atoms with van der Waals surface area (Å²) < 4.78 is 3.74. The highest BCUT2D eigenvalue weighted by atomic mass is 32.1. The average molecular weight is 196 g/mol. The molecule has 0 aliphatic carbocycles. The number of hydrogen-bond acceptors (Lipinski definition) is 5. The van der Waals surface area contributed by atoms with Crippen LogP contribution in [-0.4, -0.2) is 16.1 Å². The van der Waals surface area contributed by atoms with Gasteiger partial charge in [0.2, 0.25) is 0 Å². The van der Waals surface area contributed by atoms with Gasteiger partial charge in [0.15, 0.2) is 0 Å². The molecule has 13 heavy (non-hydrogen) atoms. The Labute approximate surface area is 81.8 Å². The van der Waals surface area contributed by atoms with Crippen LogP contribution in [0.2, 0.25) is 0 Å². The van der Waals surface area contributed by atoms with Crippen LogP contribution in [0.3, 0.4) is 0 Å². The highest BCUT2D eigenvalue weighted by Gasteiger charge is 2.15. The van der Waals surface area contributed by atoms with E-state index in [1.165, 1.54) is 11.5 Å². The third kappa shape index (κ3) is 3.49. The van der Waals surface area contributed by atoms with Crippen LogP contribution in [0, 0.1) is 16.7 Å². The van der Waals surface area contributed by atoms with Gasteiger partial charge in [-0.1, -0.05) is 4.49 Å². The standard InChI is InChI=1S/C8H12N4S/c1-8(2,5-9)6-10-3-7-4-13-12-11-7/h4,10H,3,6H2,1-2H3. The first-order chi connectivity index (χ1) is 6.14. The fraction of sp³-hybridized carbons (Fsp3) is 0.625. The average Bonchev–Trinajstić information content (AvgIpc) is 2.57. The lowest BCUT2D eigenvalue weighted by atomic mass is 9.96. The summed E-state index contributed by atoms with van der Waals surface area (Å²) in [6, 6.07) is 2.23. The fourth-order valence-electron chi connectivity index (χ4n) is 0.804. The van der Waals surface area contributed by atoms with Crippen molar-refractivity contribution in [2.75, 3.05) is 6.54 Å². The third-order valence-electron chi connectivity index (χ3n) is 1.58. The first-order valence-electron chi connectivity index (χ1n) is 4.02. The largest absolute Gasteiger partial charge is 0.310 e. The predicted octanol–water partition coefficient (Wildman–Crippen LogP) is 1.18. The minimum Gasteiger partial charge on any atom is -0.310 e. The van der Waals surface area contributed by atoms with Gasteiger partial charge < -0.3 is 5.32 Å². The van der Waals surface area contributed by atoms with E-state index in [0.717, 1.165) is 5.69 Å². The van der Waals surface area contributed by atoms with Gasteiger partial charge in [0, 0.05) is 18.5 Å². The van der Waals surface area contributed by atoms with Crippen molar-refractivity contribution in [3.8, 4) is 6.07 Å². The highest BCUT2D eigenvalue weighted by molar-refractivity contribution is 7.03. The van der Waals surface area contributed by atoms with E-state index in [0.29, 0.717) is 13.1 Å². The summed E-state index contributed by atoms with van der Waals surface area (Å²) in [4.78, 5) is 0. The lowest BCUT2D eigenvalue weighted by Crippen LogP contribution is -2.27. The van der Waals surface area contributed by atoms with E-state index in [2.05, 4.69) is 21.0 Å². The molecule has 1 rings (SSSR count). The summed E-state index contributed by atoms with van der Waals surface area (Å²) in [6.45, 7) is 5.15. The zero-order chi connectivity index (χ0) is 9.73. The third-order valence-corrected chi connectivity index (χ3v) is 2.13. The Morgan fingerprint density at radius 1 is 1.69 bits per heavy atom. The molecule has 1 aromatic heterocycles. The van der Waals surface area contributed by atoms with E-state index in [1.54, 1.807) is 0 Å². The molecule has 1 heterocycles. The van der Waals surface area contributed by atoms with E-state index in [-0.39, 0.29) is 5.41 Å². The summed E-state index contributed by atoms with van der Waals surface area (Å²) in [5.41, 5.74) is 0.613. The van der Waals surface area contributed by atoms with Crippen molar-refractivity contribution in [3.05, 3.63) is 11.1 Å². The van der Waals surface area contributed by atoms with Gasteiger partial charge in [-0.2, -0.15) is 5.26 Å². The van der Waals surface area contributed by atoms with Crippen LogP contribution < -0.4 is 5.32 Å². The Morgan fingerprint density at radius 3 is 3.00 bits per heavy atom. The molecule has 0 amide bonds. The maximum atomic E-state index is 8.74. The Hall–Kier alpha value is -0.990. The normalized spacial score (nSPS) is 11.2. The summed E-state index contributed by atoms with van der Waals surface area (Å²) in [6.07, 6.45) is 0. The van der Waals surface area contributed by atoms with E-state index in [4.69, 9.17) is 5.26 Å². The van der Waals surface area contributed by atoms with Gasteiger partial charge in [-0.05, 0) is 25.4 Å². The van der Waals surface area contributed by atoms with Crippen LogP contribution in [0.1, 0.15) is 19.5 Å². The lowest BCUT2D eigenvalue weighted by molar-refractivity contribution is 0.443. The lowest BCUT2D eigenvalue weighted by Gasteiger charge is -2.14. The smallest absolute Gasteiger partial charge is 0.0893 e. The molecular formula is C8H12N4S. The Morgan fingerprint density at radius 2 is 2.46 bits per heavy atom. The molecule has 0 aromatic carbocycles. The summed E-state index contributed by atoms with van der Waals surface area (Å²) in [5.74, 6) is 0. The van der Waals surface area contributed by atoms with Crippen LogP contribution in [0.15, 0.2) is 5.38 Å². The molecule has 1 aromatic rings. The second-order valence-corrected chi connectivity index (χ2v) is 4.11. The van der Waals surface area contributed by atoms with Gasteiger partial charge in [-0.25, -0.2) is 0 Å². The molecule has 0 aliphatic rings. The zero-order valence-corrected chi connectivity index (χ0v) is 8.56. The first-order valence-corrected chi connectivity index (χ1v) is 4.85. The van der Waals surface area contributed by atoms with Crippen molar-refractivity contribution in [3.63, 3.8) is 0 Å². The van der Waals surface area contributed by atoms with Gasteiger partial charge in [-0.15, -0.1) is 5.10 Å². The second-order valence-electron chi connectivity index (χ2n) is 3.50. The number of rotatable bonds is 4. The van der Waals surface area contributed by atoms with Crippen LogP contribution in [0.5, 0.6) is 0 Å². The number of nitrogens with one attached hydrogen (secondary N) is 1. The van der Waals surface area contributed by atoms with Gasteiger partial charge in [0.05, 0.1) is 17.2 Å². The number of hydrogen-bond donors (Lipinski definition) is 1. The predicted molar refractivity (Wildman–Crippen MR) is 51.0 cm³/mol. The number of aromatic nitrogens is 2. The molecule has 0 saturated carbocycles. The van der Waals surface area contributed by atoms with Crippen molar-refractivity contribution >= 4 is 11.5 Å². The van der Waals surface area contributed by atoms with E-state index in [9.17, 15) is 0 Å². The van der Waals surface area contributed by atoms with Gasteiger partial charge in [0.25, 0.3) is 0 Å². The molecule has 0 radical (unpaired) electrons. The van der Waals surface area contributed by atoms with Crippen molar-refractivity contribution in [2.45, 2.75) is 20.4 Å². The van der Waals surface area contributed by atoms with Crippen molar-refractivity contribution in [1.29, 1.82) is 5.26 Å². The van der Waals surface area contributed by atoms with Gasteiger partial charge >= 0.3 is 0 Å². The molecule has 0 unspecified atom stereocenters. The van der Waals surface area contributed by atoms with Crippen molar-refractivity contribution in [1.82, 2.24) is 14.9 Å². The minimum atomic E-state index is -0.316. The Bertz CT molecular complexity index is 286. The molecule has 0 aliphatic heterocycles. The quantitative estimate of drug-likeness (QED) is 0.785. The molecule has 0 bridgehead atoms. The summed E-state index contributed by atoms with van der Waals surface area (Å²) in [5, 5.41) is 17.7. The first kappa shape index (κ1) is 10.1. The molecule has 0 atom stereocenters. The summed E-state index contributed by atoms with van der Waals surface area (Å²) >= 11 is 1.34. The van der Waals surface area contributed by atoms with Crippen LogP contribution in [-0.2, 0) is 6.54 Å². The molecule has 70 valence electrons. The van der Waals surface area contributed by atoms with Gasteiger partial charge in [0.1, 0.15) is 0 Å². The zero-order valence-electron chi connectivity index (χ0n) is 7.74. The Kier molecular flexibility index (Phi) is 3.34. The number of nitrogens with zero attached hydrogens (tertiary/aromatic N) is 3. The maximum Gasteiger partial charge on any atom is 0.0893 e. The SMILES string of the molecule is CC(C)(C#N)CNCc1csnn1. The fourth-order valence-corrected chi connectivity index (χ4v) is 1.25.